The summed E-state index contributed by atoms with van der Waals surface area (Å²) in [6.45, 7) is 24.3. The number of aliphatic carboxylic acids is 2. The third-order valence-corrected chi connectivity index (χ3v) is 13.3. The third kappa shape index (κ3) is 14.4. The van der Waals surface area contributed by atoms with Gasteiger partial charge in [-0.05, 0) is 83.7 Å². The number of phenols is 2. The molecule has 0 aromatic heterocycles. The first-order valence-electron chi connectivity index (χ1n) is 24.0. The van der Waals surface area contributed by atoms with Gasteiger partial charge in [-0.3, -0.25) is 39.6 Å². The van der Waals surface area contributed by atoms with Crippen LogP contribution in [0.1, 0.15) is 139 Å². The average molecular weight is 952 g/mol. The monoisotopic (exact) mass is 952 g/mol. The van der Waals surface area contributed by atoms with Crippen molar-refractivity contribution in [2.75, 3.05) is 65.4 Å². The molecule has 2 aromatic rings. The number of carboxylic acids is 2. The molecule has 2 unspecified atom stereocenters. The molecule has 7 rings (SSSR count). The maximum absolute atomic E-state index is 11.7. The summed E-state index contributed by atoms with van der Waals surface area (Å²) in [6.07, 6.45) is 16.4. The van der Waals surface area contributed by atoms with Gasteiger partial charge in [-0.2, -0.15) is 0 Å². The molecule has 14 nitrogen and oxygen atoms in total. The Kier molecular flexibility index (Phi) is 20.0. The standard InChI is InChI=1S/C48H72N8O2.C2H2O4.CH3.Cr/c1-47(2,3)39-29-35(15-9-21-53-25-13-27-55-23-11-19-49-45(53)55)43(57)37(31-39)33-51-41-17-7-8-18-42(41)52-34-38-32-40(48(4,5)6)30-36(44(38)58)16-10-22-54-26-14-28-56-24-12-20-50-46(54)56;3-1(4)2(5)6;;/h29-34,41-42H,7-28H2,1-6H3,(H2,51,52,57,58);(H,3,4)(H,5,6);1H3;/q;;-1;/p+2. The van der Waals surface area contributed by atoms with Crippen molar-refractivity contribution in [2.45, 2.75) is 142 Å². The van der Waals surface area contributed by atoms with Gasteiger partial charge in [-0.25, -0.2) is 9.59 Å². The van der Waals surface area contributed by atoms with Crippen LogP contribution < -0.4 is 10.6 Å². The van der Waals surface area contributed by atoms with Crippen molar-refractivity contribution in [2.24, 2.45) is 9.98 Å². The van der Waals surface area contributed by atoms with Crippen LogP contribution in [0.3, 0.4) is 0 Å². The number of hydrogen-bond donors (Lipinski definition) is 6. The molecule has 0 radical (unpaired) electrons. The van der Waals surface area contributed by atoms with Crippen molar-refractivity contribution in [3.63, 3.8) is 0 Å². The van der Waals surface area contributed by atoms with Gasteiger partial charge in [0.15, 0.2) is 0 Å². The number of carboxylic acid groups (broad SMARTS) is 2. The molecular weight excluding hydrogens is 873 g/mol. The Hall–Kier alpha value is -4.61. The van der Waals surface area contributed by atoms with Crippen LogP contribution in [0.4, 0.5) is 0 Å². The number of aliphatic imine (C=N–C) groups is 2. The molecule has 1 aliphatic carbocycles. The number of hydrogen-bond acceptors (Lipinski definition) is 10. The van der Waals surface area contributed by atoms with E-state index in [0.717, 1.165) is 139 Å². The Morgan fingerprint density at radius 3 is 1.39 bits per heavy atom. The zero-order valence-corrected chi connectivity index (χ0v) is 42.1. The third-order valence-electron chi connectivity index (χ3n) is 13.3. The van der Waals surface area contributed by atoms with Crippen LogP contribution in [0, 0.1) is 7.43 Å². The van der Waals surface area contributed by atoms with E-state index in [-0.39, 0.29) is 47.7 Å². The van der Waals surface area contributed by atoms with E-state index < -0.39 is 11.9 Å². The molecule has 1 saturated carbocycles. The van der Waals surface area contributed by atoms with E-state index in [9.17, 15) is 10.2 Å². The molecule has 0 amide bonds. The van der Waals surface area contributed by atoms with Gasteiger partial charge in [0.2, 0.25) is 0 Å². The van der Waals surface area contributed by atoms with Crippen LogP contribution in [0.25, 0.3) is 0 Å². The maximum atomic E-state index is 11.7. The van der Waals surface area contributed by atoms with Crippen LogP contribution in [0.5, 0.6) is 11.5 Å². The Bertz CT molecular complexity index is 1950. The number of nitrogens with zero attached hydrogens (tertiary/aromatic N) is 6. The van der Waals surface area contributed by atoms with Gasteiger partial charge in [-0.1, -0.05) is 66.5 Å². The number of aromatic hydroxyl groups is 2. The molecule has 2 aromatic carbocycles. The molecule has 15 heteroatoms. The van der Waals surface area contributed by atoms with Gasteiger partial charge in [-0.15, -0.1) is 0 Å². The summed E-state index contributed by atoms with van der Waals surface area (Å²) >= 11 is 0. The summed E-state index contributed by atoms with van der Waals surface area (Å²) < 4.78 is 5.01. The van der Waals surface area contributed by atoms with E-state index in [4.69, 9.17) is 29.8 Å². The molecular formula is C51H79CrN8O6+. The van der Waals surface area contributed by atoms with Crippen LogP contribution in [0.15, 0.2) is 34.3 Å². The van der Waals surface area contributed by atoms with Crippen molar-refractivity contribution in [1.29, 1.82) is 0 Å². The fourth-order valence-electron chi connectivity index (χ4n) is 9.58. The van der Waals surface area contributed by atoms with Crippen LogP contribution in [-0.4, -0.2) is 153 Å². The maximum Gasteiger partial charge on any atom is 0.414 e. The van der Waals surface area contributed by atoms with E-state index in [0.29, 0.717) is 11.5 Å². The van der Waals surface area contributed by atoms with Gasteiger partial charge in [0.1, 0.15) is 11.5 Å². The molecule has 4 aliphatic heterocycles. The second-order valence-electron chi connectivity index (χ2n) is 20.3. The molecule has 5 aliphatic rings. The summed E-state index contributed by atoms with van der Waals surface area (Å²) in [5.41, 5.74) is 5.96. The van der Waals surface area contributed by atoms with Gasteiger partial charge in [0.25, 0.3) is 0 Å². The molecule has 0 spiro atoms. The average Bonchev–Trinajstić information content (AvgIpc) is 3.26. The van der Waals surface area contributed by atoms with Crippen molar-refractivity contribution in [3.05, 3.63) is 65.1 Å². The molecule has 4 heterocycles. The predicted molar refractivity (Wildman–Crippen MR) is 261 cm³/mol. The van der Waals surface area contributed by atoms with Gasteiger partial charge >= 0.3 is 23.9 Å². The summed E-state index contributed by atoms with van der Waals surface area (Å²) in [6, 6.07) is 8.75. The van der Waals surface area contributed by atoms with E-state index >= 15 is 0 Å². The minimum atomic E-state index is -1.82. The van der Waals surface area contributed by atoms with E-state index in [1.54, 1.807) is 0 Å². The van der Waals surface area contributed by atoms with Crippen LogP contribution in [-0.2, 0) is 50.6 Å². The summed E-state index contributed by atoms with van der Waals surface area (Å²) in [7, 11) is 0. The molecule has 0 bridgehead atoms. The van der Waals surface area contributed by atoms with Crippen molar-refractivity contribution in [1.82, 2.24) is 20.4 Å². The van der Waals surface area contributed by atoms with Crippen LogP contribution in [0.2, 0.25) is 0 Å². The Balaban J connectivity index is 0.00000112. The molecule has 1 fully saturated rings. The van der Waals surface area contributed by atoms with Gasteiger partial charge in [0, 0.05) is 66.6 Å². The number of benzene rings is 2. The van der Waals surface area contributed by atoms with Crippen molar-refractivity contribution >= 4 is 36.3 Å². The zero-order chi connectivity index (χ0) is 46.0. The summed E-state index contributed by atoms with van der Waals surface area (Å²) in [5, 5.41) is 45.5. The summed E-state index contributed by atoms with van der Waals surface area (Å²) in [5.74, 6) is -0.324. The molecule has 0 saturated heterocycles. The molecule has 66 heavy (non-hydrogen) atoms. The minimum Gasteiger partial charge on any atom is -0.507 e. The first-order chi connectivity index (χ1) is 30.5. The van der Waals surface area contributed by atoms with Gasteiger partial charge in [0.05, 0.1) is 77.5 Å². The normalized spacial score (nSPS) is 20.0. The van der Waals surface area contributed by atoms with E-state index in [1.165, 1.54) is 48.7 Å². The second kappa shape index (κ2) is 24.4. The van der Waals surface area contributed by atoms with Crippen LogP contribution >= 0.6 is 0 Å². The topological polar surface area (TPSA) is 176 Å². The van der Waals surface area contributed by atoms with Crippen molar-refractivity contribution in [3.8, 4) is 11.5 Å². The Labute approximate surface area is 405 Å². The Morgan fingerprint density at radius 2 is 1.03 bits per heavy atom. The van der Waals surface area contributed by atoms with E-state index in [2.05, 4.69) is 95.4 Å². The number of aryl methyl sites for hydroxylation is 2. The number of carbonyl (C=O) groups is 2. The molecule has 6 N–H and O–H groups in total. The number of phenolic OH excluding ortho intramolecular Hbond substituents is 2. The van der Waals surface area contributed by atoms with E-state index in [1.807, 2.05) is 12.4 Å². The summed E-state index contributed by atoms with van der Waals surface area (Å²) in [4.78, 5) is 33.6. The smallest absolute Gasteiger partial charge is 0.414 e. The SMILES string of the molecule is CC(C)(C)c1cc(C=NC2CCCCC2N=Cc2cc(C(C)(C)C)cc(CCCN3CCC[N+]4=C3NCCC4)c2O)c(O)c(CCCN2CCC[N+]3=C2NCCC3)c1.O=C(O)C(=O)O.[CH3-].[Cr]. The molecule has 364 valence electrons. The number of nitrogens with one attached hydrogen (secondary N) is 2. The number of rotatable bonds is 12. The number of guanidine groups is 2. The largest absolute Gasteiger partial charge is 0.507 e. The predicted octanol–water partition coefficient (Wildman–Crippen LogP) is 6.15. The Morgan fingerprint density at radius 1 is 0.652 bits per heavy atom. The second-order valence-corrected chi connectivity index (χ2v) is 20.3. The fraction of sp³-hybridized carbons (Fsp3) is 0.627. The van der Waals surface area contributed by atoms with Crippen molar-refractivity contribution < 1.29 is 56.5 Å². The minimum absolute atomic E-state index is 0. The fourth-order valence-corrected chi connectivity index (χ4v) is 9.58. The molecule has 2 atom stereocenters. The first kappa shape index (κ1) is 54.0. The first-order valence-corrected chi connectivity index (χ1v) is 24.0. The zero-order valence-electron chi connectivity index (χ0n) is 40.9. The van der Waals surface area contributed by atoms with Gasteiger partial charge < -0.3 is 27.9 Å². The quantitative estimate of drug-likeness (QED) is 0.0627.